The van der Waals surface area contributed by atoms with E-state index in [1.165, 1.54) is 0 Å². The molecule has 1 heterocycles. The number of anilines is 1. The van der Waals surface area contributed by atoms with Gasteiger partial charge in [0.1, 0.15) is 23.6 Å². The quantitative estimate of drug-likeness (QED) is 0.318. The largest absolute Gasteiger partial charge is 0.492 e. The molecule has 8 nitrogen and oxygen atoms in total. The van der Waals surface area contributed by atoms with Gasteiger partial charge in [0.15, 0.2) is 0 Å². The van der Waals surface area contributed by atoms with E-state index in [0.717, 1.165) is 17.7 Å². The molecule has 8 heteroatoms. The third-order valence-electron chi connectivity index (χ3n) is 5.69. The Hall–Kier alpha value is -3.91. The zero-order valence-electron chi connectivity index (χ0n) is 21.3. The highest BCUT2D eigenvalue weighted by atomic mass is 16.5. The van der Waals surface area contributed by atoms with E-state index in [9.17, 15) is 19.5 Å². The summed E-state index contributed by atoms with van der Waals surface area (Å²) in [4.78, 5) is 38.9. The van der Waals surface area contributed by atoms with Crippen molar-refractivity contribution in [2.75, 3.05) is 32.6 Å². The van der Waals surface area contributed by atoms with Gasteiger partial charge in [-0.25, -0.2) is 4.79 Å². The SMILES string of the molecule is CC(C)=CCc1cc(C(=O)Nc2cc3ccc(OCCN(C)C)c(C)c3oc2=O)ccc1CC(=O)O. The second-order valence-corrected chi connectivity index (χ2v) is 9.20. The third-order valence-corrected chi connectivity index (χ3v) is 5.69. The first-order valence-corrected chi connectivity index (χ1v) is 11.7. The number of nitrogens with one attached hydrogen (secondary N) is 1. The molecule has 0 aliphatic rings. The Kier molecular flexibility index (Phi) is 8.66. The molecular weight excluding hydrogens is 460 g/mol. The highest BCUT2D eigenvalue weighted by Crippen LogP contribution is 2.28. The molecule has 0 aliphatic heterocycles. The molecule has 3 aromatic rings. The van der Waals surface area contributed by atoms with Gasteiger partial charge in [0.25, 0.3) is 5.91 Å². The number of carboxylic acids is 1. The van der Waals surface area contributed by atoms with Crippen molar-refractivity contribution in [1.82, 2.24) is 4.90 Å². The molecule has 190 valence electrons. The normalized spacial score (nSPS) is 10.9. The fourth-order valence-corrected chi connectivity index (χ4v) is 3.69. The monoisotopic (exact) mass is 492 g/mol. The van der Waals surface area contributed by atoms with Crippen molar-refractivity contribution in [1.29, 1.82) is 0 Å². The van der Waals surface area contributed by atoms with E-state index in [1.54, 1.807) is 30.3 Å². The van der Waals surface area contributed by atoms with Crippen LogP contribution in [-0.4, -0.2) is 49.1 Å². The van der Waals surface area contributed by atoms with Crippen LogP contribution in [0.15, 0.2) is 57.3 Å². The van der Waals surface area contributed by atoms with Gasteiger partial charge in [0.2, 0.25) is 0 Å². The number of aliphatic carboxylic acids is 1. The summed E-state index contributed by atoms with van der Waals surface area (Å²) >= 11 is 0. The minimum atomic E-state index is -0.944. The number of benzene rings is 2. The van der Waals surface area contributed by atoms with Crippen molar-refractivity contribution in [2.24, 2.45) is 0 Å². The number of amides is 1. The van der Waals surface area contributed by atoms with Crippen molar-refractivity contribution in [3.63, 3.8) is 0 Å². The molecule has 0 bridgehead atoms. The fraction of sp³-hybridized carbons (Fsp3) is 0.321. The van der Waals surface area contributed by atoms with Crippen LogP contribution in [0.5, 0.6) is 5.75 Å². The summed E-state index contributed by atoms with van der Waals surface area (Å²) in [6.07, 6.45) is 2.34. The number of rotatable bonds is 10. The van der Waals surface area contributed by atoms with E-state index in [1.807, 2.05) is 51.9 Å². The van der Waals surface area contributed by atoms with Gasteiger partial charge in [0.05, 0.1) is 6.42 Å². The van der Waals surface area contributed by atoms with Crippen molar-refractivity contribution in [3.8, 4) is 5.75 Å². The summed E-state index contributed by atoms with van der Waals surface area (Å²) in [6, 6.07) is 10.0. The lowest BCUT2D eigenvalue weighted by Crippen LogP contribution is -2.20. The molecule has 1 amide bonds. The molecule has 0 saturated heterocycles. The van der Waals surface area contributed by atoms with Crippen LogP contribution in [-0.2, 0) is 17.6 Å². The Morgan fingerprint density at radius 2 is 1.86 bits per heavy atom. The summed E-state index contributed by atoms with van der Waals surface area (Å²) in [5, 5.41) is 12.5. The van der Waals surface area contributed by atoms with Crippen molar-refractivity contribution >= 4 is 28.5 Å². The second-order valence-electron chi connectivity index (χ2n) is 9.20. The number of carbonyl (C=O) groups excluding carboxylic acids is 1. The lowest BCUT2D eigenvalue weighted by Gasteiger charge is -2.14. The van der Waals surface area contributed by atoms with Gasteiger partial charge >= 0.3 is 11.6 Å². The van der Waals surface area contributed by atoms with Crippen LogP contribution in [0, 0.1) is 6.92 Å². The topological polar surface area (TPSA) is 109 Å². The number of carboxylic acid groups (broad SMARTS) is 1. The highest BCUT2D eigenvalue weighted by molar-refractivity contribution is 6.05. The Bertz CT molecular complexity index is 1370. The number of hydrogen-bond donors (Lipinski definition) is 2. The number of likely N-dealkylation sites (N-methyl/N-ethyl adjacent to an activating group) is 1. The van der Waals surface area contributed by atoms with E-state index in [2.05, 4.69) is 5.32 Å². The lowest BCUT2D eigenvalue weighted by atomic mass is 9.98. The van der Waals surface area contributed by atoms with E-state index in [0.29, 0.717) is 46.4 Å². The first-order chi connectivity index (χ1) is 17.0. The van der Waals surface area contributed by atoms with Gasteiger partial charge in [-0.1, -0.05) is 17.7 Å². The van der Waals surface area contributed by atoms with Crippen molar-refractivity contribution < 1.29 is 23.8 Å². The van der Waals surface area contributed by atoms with Gasteiger partial charge in [-0.2, -0.15) is 0 Å². The average Bonchev–Trinajstić information content (AvgIpc) is 2.80. The van der Waals surface area contributed by atoms with Crippen LogP contribution in [0.25, 0.3) is 11.0 Å². The molecule has 2 aromatic carbocycles. The number of carbonyl (C=O) groups is 2. The van der Waals surface area contributed by atoms with Gasteiger partial charge in [0, 0.05) is 23.1 Å². The molecule has 0 fully saturated rings. The zero-order chi connectivity index (χ0) is 26.4. The molecular formula is C28H32N2O6. The van der Waals surface area contributed by atoms with E-state index in [-0.39, 0.29) is 12.1 Å². The Balaban J connectivity index is 1.86. The minimum Gasteiger partial charge on any atom is -0.492 e. The highest BCUT2D eigenvalue weighted by Gasteiger charge is 2.16. The van der Waals surface area contributed by atoms with Crippen LogP contribution in [0.4, 0.5) is 5.69 Å². The Morgan fingerprint density at radius 3 is 2.53 bits per heavy atom. The molecule has 1 aromatic heterocycles. The molecule has 0 radical (unpaired) electrons. The number of aryl methyl sites for hydroxylation is 1. The summed E-state index contributed by atoms with van der Waals surface area (Å²) in [7, 11) is 3.92. The Labute approximate surface area is 210 Å². The molecule has 3 rings (SSSR count). The summed E-state index contributed by atoms with van der Waals surface area (Å²) in [5.41, 5.74) is 3.25. The Morgan fingerprint density at radius 1 is 1.11 bits per heavy atom. The summed E-state index contributed by atoms with van der Waals surface area (Å²) in [5.74, 6) is -0.794. The van der Waals surface area contributed by atoms with Crippen molar-refractivity contribution in [3.05, 3.63) is 80.7 Å². The van der Waals surface area contributed by atoms with Crippen LogP contribution < -0.4 is 15.7 Å². The molecule has 0 spiro atoms. The smallest absolute Gasteiger partial charge is 0.360 e. The number of allylic oxidation sites excluding steroid dienone is 2. The standard InChI is InChI=1S/C28H32N2O6/c1-17(2)6-7-19-14-22(9-8-20(19)16-25(31)32)27(33)29-23-15-21-10-11-24(35-13-12-30(4)5)18(3)26(21)36-28(23)34/h6,8-11,14-15H,7,12-13,16H2,1-5H3,(H,29,33)(H,31,32). The van der Waals surface area contributed by atoms with Gasteiger partial charge in [-0.3, -0.25) is 9.59 Å². The van der Waals surface area contributed by atoms with Gasteiger partial charge in [-0.15, -0.1) is 0 Å². The first-order valence-electron chi connectivity index (χ1n) is 11.7. The predicted octanol–water partition coefficient (Wildman–Crippen LogP) is 4.43. The van der Waals surface area contributed by atoms with E-state index >= 15 is 0 Å². The van der Waals surface area contributed by atoms with Crippen LogP contribution in [0.2, 0.25) is 0 Å². The van der Waals surface area contributed by atoms with E-state index < -0.39 is 17.5 Å². The maximum Gasteiger partial charge on any atom is 0.360 e. The molecule has 0 unspecified atom stereocenters. The number of fused-ring (bicyclic) bond motifs is 1. The van der Waals surface area contributed by atoms with Crippen LogP contribution >= 0.6 is 0 Å². The first kappa shape index (κ1) is 26.7. The van der Waals surface area contributed by atoms with Crippen LogP contribution in [0.1, 0.15) is 40.9 Å². The summed E-state index contributed by atoms with van der Waals surface area (Å²) < 4.78 is 11.4. The van der Waals surface area contributed by atoms with Crippen molar-refractivity contribution in [2.45, 2.75) is 33.6 Å². The second kappa shape index (κ2) is 11.7. The minimum absolute atomic E-state index is 0.0219. The number of ether oxygens (including phenoxy) is 1. The number of nitrogens with zero attached hydrogens (tertiary/aromatic N) is 1. The lowest BCUT2D eigenvalue weighted by molar-refractivity contribution is -0.136. The maximum absolute atomic E-state index is 13.0. The predicted molar refractivity (Wildman–Crippen MR) is 140 cm³/mol. The molecule has 2 N–H and O–H groups in total. The molecule has 36 heavy (non-hydrogen) atoms. The summed E-state index contributed by atoms with van der Waals surface area (Å²) in [6.45, 7) is 6.97. The zero-order valence-corrected chi connectivity index (χ0v) is 21.3. The third kappa shape index (κ3) is 6.82. The van der Waals surface area contributed by atoms with Gasteiger partial charge in [-0.05, 0) is 82.7 Å². The number of hydrogen-bond acceptors (Lipinski definition) is 6. The maximum atomic E-state index is 13.0. The molecule has 0 atom stereocenters. The average molecular weight is 493 g/mol. The molecule has 0 aliphatic carbocycles. The fourth-order valence-electron chi connectivity index (χ4n) is 3.69. The molecule has 0 saturated carbocycles. The van der Waals surface area contributed by atoms with E-state index in [4.69, 9.17) is 9.15 Å². The van der Waals surface area contributed by atoms with Crippen LogP contribution in [0.3, 0.4) is 0 Å². The van der Waals surface area contributed by atoms with Gasteiger partial charge < -0.3 is 24.5 Å².